The Labute approximate surface area is 180 Å². The van der Waals surface area contributed by atoms with E-state index < -0.39 is 0 Å². The molecule has 3 aromatic rings. The number of benzene rings is 2. The van der Waals surface area contributed by atoms with Gasteiger partial charge in [0, 0.05) is 19.6 Å². The smallest absolute Gasteiger partial charge is 0.233 e. The van der Waals surface area contributed by atoms with Crippen LogP contribution in [-0.2, 0) is 18.4 Å². The molecule has 1 aliphatic heterocycles. The van der Waals surface area contributed by atoms with Crippen LogP contribution in [0.4, 0.5) is 0 Å². The molecule has 0 radical (unpaired) electrons. The summed E-state index contributed by atoms with van der Waals surface area (Å²) in [4.78, 5) is 20.0. The number of hydrogen-bond acceptors (Lipinski definition) is 5. The Morgan fingerprint density at radius 1 is 1.17 bits per heavy atom. The molecule has 6 nitrogen and oxygen atoms in total. The second-order valence-corrected chi connectivity index (χ2v) is 8.82. The van der Waals surface area contributed by atoms with Gasteiger partial charge in [-0.25, -0.2) is 4.98 Å². The van der Waals surface area contributed by atoms with Gasteiger partial charge in [-0.2, -0.15) is 0 Å². The van der Waals surface area contributed by atoms with Crippen molar-refractivity contribution in [3.8, 4) is 11.5 Å². The van der Waals surface area contributed by atoms with Crippen LogP contribution in [0.1, 0.15) is 31.2 Å². The quantitative estimate of drug-likeness (QED) is 0.551. The van der Waals surface area contributed by atoms with E-state index in [1.165, 1.54) is 24.6 Å². The number of aryl methyl sites for hydroxylation is 1. The number of carbonyl (C=O) groups excluding carboxylic acids is 1. The molecule has 0 unspecified atom stereocenters. The zero-order valence-corrected chi connectivity index (χ0v) is 17.9. The summed E-state index contributed by atoms with van der Waals surface area (Å²) >= 11 is 1.51. The predicted octanol–water partition coefficient (Wildman–Crippen LogP) is 4.37. The van der Waals surface area contributed by atoms with Crippen molar-refractivity contribution in [1.29, 1.82) is 0 Å². The maximum Gasteiger partial charge on any atom is 0.233 e. The highest BCUT2D eigenvalue weighted by Gasteiger charge is 2.27. The van der Waals surface area contributed by atoms with Crippen LogP contribution in [0.3, 0.4) is 0 Å². The van der Waals surface area contributed by atoms with E-state index in [0.717, 1.165) is 46.1 Å². The summed E-state index contributed by atoms with van der Waals surface area (Å²) in [5.74, 6) is 2.09. The second-order valence-electron chi connectivity index (χ2n) is 7.88. The number of imidazole rings is 1. The maximum absolute atomic E-state index is 13.3. The van der Waals surface area contributed by atoms with Crippen molar-refractivity contribution < 1.29 is 14.3 Å². The SMILES string of the molecule is Cn1c(SCC(=O)N(Cc2ccc3c(c2)OCO3)C2CCCC2)nc2ccccc21. The second kappa shape index (κ2) is 8.22. The lowest BCUT2D eigenvalue weighted by atomic mass is 10.1. The number of hydrogen-bond donors (Lipinski definition) is 0. The number of fused-ring (bicyclic) bond motifs is 2. The fourth-order valence-corrected chi connectivity index (χ4v) is 5.21. The highest BCUT2D eigenvalue weighted by atomic mass is 32.2. The van der Waals surface area contributed by atoms with Crippen molar-refractivity contribution >= 4 is 28.7 Å². The predicted molar refractivity (Wildman–Crippen MR) is 117 cm³/mol. The Hall–Kier alpha value is -2.67. The molecule has 1 aromatic heterocycles. The van der Waals surface area contributed by atoms with Gasteiger partial charge in [0.2, 0.25) is 12.7 Å². The molecule has 0 N–H and O–H groups in total. The van der Waals surface area contributed by atoms with Crippen LogP contribution in [0.2, 0.25) is 0 Å². The minimum absolute atomic E-state index is 0.164. The van der Waals surface area contributed by atoms with Gasteiger partial charge in [-0.1, -0.05) is 42.8 Å². The van der Waals surface area contributed by atoms with Crippen LogP contribution < -0.4 is 9.47 Å². The first-order chi connectivity index (χ1) is 14.7. The standard InChI is InChI=1S/C23H25N3O3S/c1-25-19-9-5-4-8-18(19)24-23(25)30-14-22(27)26(17-6-2-3-7-17)13-16-10-11-20-21(12-16)29-15-28-20/h4-5,8-12,17H,2-3,6-7,13-15H2,1H3. The van der Waals surface area contributed by atoms with Crippen molar-refractivity contribution in [2.75, 3.05) is 12.5 Å². The maximum atomic E-state index is 13.3. The van der Waals surface area contributed by atoms with Gasteiger partial charge >= 0.3 is 0 Å². The third-order valence-corrected chi connectivity index (χ3v) is 6.96. The molecular formula is C23H25N3O3S. The Morgan fingerprint density at radius 2 is 1.97 bits per heavy atom. The highest BCUT2D eigenvalue weighted by Crippen LogP contribution is 2.34. The van der Waals surface area contributed by atoms with Crippen molar-refractivity contribution in [2.45, 2.75) is 43.4 Å². The van der Waals surface area contributed by atoms with E-state index in [1.807, 2.05) is 43.4 Å². The molecule has 2 heterocycles. The first-order valence-corrected chi connectivity index (χ1v) is 11.4. The summed E-state index contributed by atoms with van der Waals surface area (Å²) in [6, 6.07) is 14.3. The molecule has 5 rings (SSSR count). The molecule has 1 amide bonds. The van der Waals surface area contributed by atoms with Crippen LogP contribution in [0, 0.1) is 0 Å². The molecule has 2 aromatic carbocycles. The topological polar surface area (TPSA) is 56.6 Å². The molecule has 0 atom stereocenters. The van der Waals surface area contributed by atoms with E-state index >= 15 is 0 Å². The number of nitrogens with zero attached hydrogens (tertiary/aromatic N) is 3. The zero-order valence-electron chi connectivity index (χ0n) is 17.0. The largest absolute Gasteiger partial charge is 0.454 e. The van der Waals surface area contributed by atoms with E-state index in [2.05, 4.69) is 20.5 Å². The number of carbonyl (C=O) groups is 1. The summed E-state index contributed by atoms with van der Waals surface area (Å²) in [6.45, 7) is 0.863. The Balaban J connectivity index is 1.32. The molecule has 156 valence electrons. The van der Waals surface area contributed by atoms with Gasteiger partial charge in [0.25, 0.3) is 0 Å². The van der Waals surface area contributed by atoms with Crippen LogP contribution in [0.5, 0.6) is 11.5 Å². The molecule has 0 spiro atoms. The lowest BCUT2D eigenvalue weighted by Gasteiger charge is -2.29. The number of amides is 1. The Bertz CT molecular complexity index is 1070. The first-order valence-electron chi connectivity index (χ1n) is 10.4. The van der Waals surface area contributed by atoms with Gasteiger partial charge in [0.15, 0.2) is 16.7 Å². The molecule has 0 saturated heterocycles. The lowest BCUT2D eigenvalue weighted by Crippen LogP contribution is -2.39. The lowest BCUT2D eigenvalue weighted by molar-refractivity contribution is -0.131. The van der Waals surface area contributed by atoms with Gasteiger partial charge in [-0.05, 0) is 42.7 Å². The van der Waals surface area contributed by atoms with Gasteiger partial charge in [-0.3, -0.25) is 4.79 Å². The summed E-state index contributed by atoms with van der Waals surface area (Å²) < 4.78 is 13.0. The molecule has 30 heavy (non-hydrogen) atoms. The molecule has 7 heteroatoms. The van der Waals surface area contributed by atoms with Crippen LogP contribution in [0.25, 0.3) is 11.0 Å². The van der Waals surface area contributed by atoms with Crippen molar-refractivity contribution in [1.82, 2.24) is 14.5 Å². The number of para-hydroxylation sites is 2. The third-order valence-electron chi connectivity index (χ3n) is 5.95. The van der Waals surface area contributed by atoms with E-state index in [4.69, 9.17) is 9.47 Å². The Morgan fingerprint density at radius 3 is 2.80 bits per heavy atom. The summed E-state index contributed by atoms with van der Waals surface area (Å²) in [6.07, 6.45) is 4.53. The number of rotatable bonds is 6. The van der Waals surface area contributed by atoms with E-state index in [1.54, 1.807) is 0 Å². The fraction of sp³-hybridized carbons (Fsp3) is 0.391. The van der Waals surface area contributed by atoms with E-state index in [0.29, 0.717) is 18.3 Å². The highest BCUT2D eigenvalue weighted by molar-refractivity contribution is 7.99. The van der Waals surface area contributed by atoms with Gasteiger partial charge in [-0.15, -0.1) is 0 Å². The summed E-state index contributed by atoms with van der Waals surface area (Å²) in [5.41, 5.74) is 3.12. The Kier molecular flexibility index (Phi) is 5.29. The normalized spacial score (nSPS) is 15.8. The van der Waals surface area contributed by atoms with Crippen molar-refractivity contribution in [3.63, 3.8) is 0 Å². The minimum Gasteiger partial charge on any atom is -0.454 e. The molecule has 2 aliphatic rings. The van der Waals surface area contributed by atoms with Crippen LogP contribution in [-0.4, -0.2) is 38.9 Å². The molecule has 1 saturated carbocycles. The average molecular weight is 424 g/mol. The monoisotopic (exact) mass is 423 g/mol. The van der Waals surface area contributed by atoms with Crippen LogP contribution >= 0.6 is 11.8 Å². The molecule has 1 aliphatic carbocycles. The number of aromatic nitrogens is 2. The average Bonchev–Trinajstić information content (AvgIpc) is 3.51. The van der Waals surface area contributed by atoms with E-state index in [-0.39, 0.29) is 12.7 Å². The van der Waals surface area contributed by atoms with Gasteiger partial charge in [0.1, 0.15) is 0 Å². The van der Waals surface area contributed by atoms with Gasteiger partial charge < -0.3 is 18.9 Å². The first kappa shape index (κ1) is 19.3. The number of thioether (sulfide) groups is 1. The van der Waals surface area contributed by atoms with Crippen molar-refractivity contribution in [3.05, 3.63) is 48.0 Å². The van der Waals surface area contributed by atoms with Crippen LogP contribution in [0.15, 0.2) is 47.6 Å². The zero-order chi connectivity index (χ0) is 20.5. The summed E-state index contributed by atoms with van der Waals surface area (Å²) in [7, 11) is 2.00. The third kappa shape index (κ3) is 3.74. The van der Waals surface area contributed by atoms with E-state index in [9.17, 15) is 4.79 Å². The fourth-order valence-electron chi connectivity index (χ4n) is 4.33. The molecular weight excluding hydrogens is 398 g/mol. The molecule has 1 fully saturated rings. The van der Waals surface area contributed by atoms with Gasteiger partial charge in [0.05, 0.1) is 16.8 Å². The van der Waals surface area contributed by atoms with Crippen molar-refractivity contribution in [2.24, 2.45) is 7.05 Å². The summed E-state index contributed by atoms with van der Waals surface area (Å²) in [5, 5.41) is 0.874. The molecule has 0 bridgehead atoms. The number of ether oxygens (including phenoxy) is 2. The minimum atomic E-state index is 0.164.